The first-order chi connectivity index (χ1) is 5.33. The molecule has 0 bridgehead atoms. The van der Waals surface area contributed by atoms with Crippen LogP contribution in [0, 0.1) is 0 Å². The molecule has 1 fully saturated rings. The third kappa shape index (κ3) is 2.76. The van der Waals surface area contributed by atoms with Crippen molar-refractivity contribution in [3.05, 3.63) is 0 Å². The van der Waals surface area contributed by atoms with Gasteiger partial charge in [-0.15, -0.1) is 0 Å². The largest absolute Gasteiger partial charge is 0.453 e. The number of hydrogen-bond donors (Lipinski definition) is 2. The lowest BCUT2D eigenvalue weighted by Crippen LogP contribution is -2.36. The van der Waals surface area contributed by atoms with E-state index < -0.39 is 0 Å². The second-order valence-electron chi connectivity index (χ2n) is 2.67. The van der Waals surface area contributed by atoms with Gasteiger partial charge in [-0.1, -0.05) is 0 Å². The molecule has 0 saturated carbocycles. The minimum atomic E-state index is -0.348. The molecule has 4 nitrogen and oxygen atoms in total. The highest BCUT2D eigenvalue weighted by atomic mass is 16.5. The summed E-state index contributed by atoms with van der Waals surface area (Å²) in [6.45, 7) is 1.74. The van der Waals surface area contributed by atoms with Crippen LogP contribution in [0.1, 0.15) is 12.8 Å². The van der Waals surface area contributed by atoms with Gasteiger partial charge < -0.3 is 15.4 Å². The number of rotatable bonds is 2. The van der Waals surface area contributed by atoms with Gasteiger partial charge in [0.15, 0.2) is 0 Å². The molecule has 1 atom stereocenters. The van der Waals surface area contributed by atoms with E-state index in [1.165, 1.54) is 13.5 Å². The second-order valence-corrected chi connectivity index (χ2v) is 2.67. The molecule has 1 heterocycles. The number of amides is 1. The Labute approximate surface area is 66.3 Å². The monoisotopic (exact) mass is 158 g/mol. The molecule has 1 unspecified atom stereocenters. The molecule has 4 heteroatoms. The number of carbonyl (C=O) groups is 1. The zero-order chi connectivity index (χ0) is 8.10. The van der Waals surface area contributed by atoms with E-state index in [0.29, 0.717) is 12.6 Å². The van der Waals surface area contributed by atoms with Crippen LogP contribution >= 0.6 is 0 Å². The van der Waals surface area contributed by atoms with Crippen LogP contribution < -0.4 is 10.6 Å². The summed E-state index contributed by atoms with van der Waals surface area (Å²) < 4.78 is 4.43. The normalized spacial score (nSPS) is 23.2. The molecule has 64 valence electrons. The Morgan fingerprint density at radius 2 is 2.64 bits per heavy atom. The van der Waals surface area contributed by atoms with Crippen molar-refractivity contribution in [3.8, 4) is 0 Å². The number of methoxy groups -OCH3 is 1. The Morgan fingerprint density at radius 1 is 1.82 bits per heavy atom. The summed E-state index contributed by atoms with van der Waals surface area (Å²) in [6.07, 6.45) is 2.00. The van der Waals surface area contributed by atoms with Crippen LogP contribution in [0.15, 0.2) is 0 Å². The lowest BCUT2D eigenvalue weighted by molar-refractivity contribution is 0.170. The summed E-state index contributed by atoms with van der Waals surface area (Å²) >= 11 is 0. The minimum Gasteiger partial charge on any atom is -0.453 e. The number of ether oxygens (including phenoxy) is 1. The van der Waals surface area contributed by atoms with E-state index in [-0.39, 0.29) is 6.09 Å². The molecule has 0 spiro atoms. The first-order valence-corrected chi connectivity index (χ1v) is 3.88. The van der Waals surface area contributed by atoms with Gasteiger partial charge in [-0.05, 0) is 19.4 Å². The Morgan fingerprint density at radius 3 is 3.18 bits per heavy atom. The van der Waals surface area contributed by atoms with Crippen molar-refractivity contribution >= 4 is 6.09 Å². The molecular weight excluding hydrogens is 144 g/mol. The fourth-order valence-electron chi connectivity index (χ4n) is 1.21. The Bertz CT molecular complexity index is 132. The van der Waals surface area contributed by atoms with Crippen molar-refractivity contribution in [1.82, 2.24) is 10.6 Å². The Kier molecular flexibility index (Phi) is 3.16. The van der Waals surface area contributed by atoms with Crippen molar-refractivity contribution in [2.75, 3.05) is 20.2 Å². The van der Waals surface area contributed by atoms with Gasteiger partial charge in [-0.25, -0.2) is 4.79 Å². The third-order valence-corrected chi connectivity index (χ3v) is 1.84. The lowest BCUT2D eigenvalue weighted by atomic mass is 10.2. The average molecular weight is 158 g/mol. The van der Waals surface area contributed by atoms with E-state index in [0.717, 1.165) is 13.0 Å². The standard InChI is InChI=1S/C7H14N2O2/c1-11-7(10)9-5-6-3-2-4-8-6/h6,8H,2-5H2,1H3,(H,9,10). The van der Waals surface area contributed by atoms with Crippen molar-refractivity contribution in [3.63, 3.8) is 0 Å². The first kappa shape index (κ1) is 8.33. The maximum absolute atomic E-state index is 10.6. The van der Waals surface area contributed by atoms with E-state index in [1.807, 2.05) is 0 Å². The van der Waals surface area contributed by atoms with Gasteiger partial charge >= 0.3 is 6.09 Å². The van der Waals surface area contributed by atoms with Gasteiger partial charge in [0.25, 0.3) is 0 Å². The van der Waals surface area contributed by atoms with Crippen molar-refractivity contribution in [2.24, 2.45) is 0 Å². The molecule has 1 amide bonds. The summed E-state index contributed by atoms with van der Waals surface area (Å²) in [5.41, 5.74) is 0. The fraction of sp³-hybridized carbons (Fsp3) is 0.857. The van der Waals surface area contributed by atoms with Gasteiger partial charge in [-0.3, -0.25) is 0 Å². The predicted molar refractivity (Wildman–Crippen MR) is 41.4 cm³/mol. The highest BCUT2D eigenvalue weighted by molar-refractivity contribution is 5.66. The molecule has 11 heavy (non-hydrogen) atoms. The van der Waals surface area contributed by atoms with Crippen LogP contribution in [-0.4, -0.2) is 32.3 Å². The molecule has 1 saturated heterocycles. The van der Waals surface area contributed by atoms with Gasteiger partial charge in [0.1, 0.15) is 0 Å². The van der Waals surface area contributed by atoms with Gasteiger partial charge in [-0.2, -0.15) is 0 Å². The Hall–Kier alpha value is -0.770. The van der Waals surface area contributed by atoms with Crippen LogP contribution in [0.4, 0.5) is 4.79 Å². The highest BCUT2D eigenvalue weighted by Gasteiger charge is 2.14. The second kappa shape index (κ2) is 4.18. The maximum Gasteiger partial charge on any atom is 0.406 e. The van der Waals surface area contributed by atoms with E-state index in [2.05, 4.69) is 15.4 Å². The smallest absolute Gasteiger partial charge is 0.406 e. The van der Waals surface area contributed by atoms with Crippen molar-refractivity contribution in [2.45, 2.75) is 18.9 Å². The highest BCUT2D eigenvalue weighted by Crippen LogP contribution is 2.02. The SMILES string of the molecule is COC(=O)NCC1CCCN1. The van der Waals surface area contributed by atoms with Crippen LogP contribution in [-0.2, 0) is 4.74 Å². The lowest BCUT2D eigenvalue weighted by Gasteiger charge is -2.09. The van der Waals surface area contributed by atoms with Crippen LogP contribution in [0.3, 0.4) is 0 Å². The van der Waals surface area contributed by atoms with Gasteiger partial charge in [0, 0.05) is 12.6 Å². The average Bonchev–Trinajstić information content (AvgIpc) is 2.52. The first-order valence-electron chi connectivity index (χ1n) is 3.88. The molecule has 0 radical (unpaired) electrons. The number of hydrogen-bond acceptors (Lipinski definition) is 3. The predicted octanol–water partition coefficient (Wildman–Crippen LogP) is 0.0944. The number of alkyl carbamates (subject to hydrolysis) is 1. The Balaban J connectivity index is 2.06. The molecule has 1 aliphatic heterocycles. The van der Waals surface area contributed by atoms with Crippen LogP contribution in [0.5, 0.6) is 0 Å². The summed E-state index contributed by atoms with van der Waals surface area (Å²) in [5.74, 6) is 0. The zero-order valence-electron chi connectivity index (χ0n) is 6.72. The van der Waals surface area contributed by atoms with Crippen LogP contribution in [0.25, 0.3) is 0 Å². The fourth-order valence-corrected chi connectivity index (χ4v) is 1.21. The molecular formula is C7H14N2O2. The summed E-state index contributed by atoms with van der Waals surface area (Å²) in [7, 11) is 1.37. The van der Waals surface area contributed by atoms with Crippen molar-refractivity contribution in [1.29, 1.82) is 0 Å². The van der Waals surface area contributed by atoms with Crippen LogP contribution in [0.2, 0.25) is 0 Å². The van der Waals surface area contributed by atoms with E-state index in [4.69, 9.17) is 0 Å². The zero-order valence-corrected chi connectivity index (χ0v) is 6.72. The topological polar surface area (TPSA) is 50.4 Å². The van der Waals surface area contributed by atoms with Crippen molar-refractivity contribution < 1.29 is 9.53 Å². The molecule has 2 N–H and O–H groups in total. The molecule has 1 aliphatic rings. The summed E-state index contributed by atoms with van der Waals surface area (Å²) in [6, 6.07) is 0.439. The van der Waals surface area contributed by atoms with E-state index in [9.17, 15) is 4.79 Å². The van der Waals surface area contributed by atoms with E-state index in [1.54, 1.807) is 0 Å². The molecule has 0 aromatic carbocycles. The summed E-state index contributed by atoms with van der Waals surface area (Å²) in [5, 5.41) is 5.92. The molecule has 0 aliphatic carbocycles. The van der Waals surface area contributed by atoms with E-state index >= 15 is 0 Å². The number of nitrogens with one attached hydrogen (secondary N) is 2. The molecule has 0 aromatic rings. The third-order valence-electron chi connectivity index (χ3n) is 1.84. The summed E-state index contributed by atoms with van der Waals surface area (Å²) in [4.78, 5) is 10.6. The molecule has 1 rings (SSSR count). The molecule has 0 aromatic heterocycles. The van der Waals surface area contributed by atoms with Gasteiger partial charge in [0.2, 0.25) is 0 Å². The number of carbonyl (C=O) groups excluding carboxylic acids is 1. The quantitative estimate of drug-likeness (QED) is 0.599. The van der Waals surface area contributed by atoms with Gasteiger partial charge in [0.05, 0.1) is 7.11 Å². The maximum atomic E-state index is 10.6. The minimum absolute atomic E-state index is 0.348.